The van der Waals surface area contributed by atoms with Gasteiger partial charge in [0.2, 0.25) is 5.95 Å². The van der Waals surface area contributed by atoms with E-state index in [-0.39, 0.29) is 5.91 Å². The first-order chi connectivity index (χ1) is 12.5. The lowest BCUT2D eigenvalue weighted by atomic mass is 10.0. The molecule has 0 aliphatic carbocycles. The number of hydrogen-bond donors (Lipinski definition) is 2. The Hall–Kier alpha value is -2.67. The molecule has 1 amide bonds. The number of nitrogens with one attached hydrogen (secondary N) is 2. The Bertz CT molecular complexity index is 844. The molecule has 1 saturated heterocycles. The van der Waals surface area contributed by atoms with Gasteiger partial charge in [0.25, 0.3) is 5.91 Å². The summed E-state index contributed by atoms with van der Waals surface area (Å²) in [5.74, 6) is 1.01. The van der Waals surface area contributed by atoms with Gasteiger partial charge in [-0.2, -0.15) is 4.98 Å². The van der Waals surface area contributed by atoms with E-state index in [4.69, 9.17) is 0 Å². The minimum atomic E-state index is -0.189. The van der Waals surface area contributed by atoms with Crippen LogP contribution in [-0.2, 0) is 0 Å². The first-order valence-corrected chi connectivity index (χ1v) is 8.99. The fourth-order valence-corrected chi connectivity index (χ4v) is 3.54. The summed E-state index contributed by atoms with van der Waals surface area (Å²) in [5.41, 5.74) is 3.15. The Morgan fingerprint density at radius 2 is 1.96 bits per heavy atom. The van der Waals surface area contributed by atoms with Gasteiger partial charge in [0.15, 0.2) is 0 Å². The number of aryl methyl sites for hydroxylation is 1. The van der Waals surface area contributed by atoms with Crippen LogP contribution < -0.4 is 15.5 Å². The van der Waals surface area contributed by atoms with Gasteiger partial charge in [-0.25, -0.2) is 4.98 Å². The molecule has 4 rings (SSSR count). The van der Waals surface area contributed by atoms with Crippen LogP contribution in [0.3, 0.4) is 0 Å². The van der Waals surface area contributed by atoms with Gasteiger partial charge in [0, 0.05) is 19.3 Å². The van der Waals surface area contributed by atoms with Crippen molar-refractivity contribution in [3.05, 3.63) is 35.5 Å². The summed E-state index contributed by atoms with van der Waals surface area (Å²) < 4.78 is 0. The molecule has 1 fully saturated rings. The minimum absolute atomic E-state index is 0.189. The van der Waals surface area contributed by atoms with E-state index >= 15 is 0 Å². The summed E-state index contributed by atoms with van der Waals surface area (Å²) in [6, 6.07) is 6.34. The third kappa shape index (κ3) is 3.10. The van der Waals surface area contributed by atoms with E-state index in [0.717, 1.165) is 42.9 Å². The standard InChI is InChI=1S/C19H24N6O/c1-12-4-5-15-16(10-12)22-18(26)14-11-20-19(23-17(14)21-15)25(3)13-6-8-24(2)9-7-13/h4-5,10-11,13H,6-9H2,1-3H3,(H,22,26)(H,20,21,23). The Kier molecular flexibility index (Phi) is 4.24. The molecular formula is C19H24N6O. The molecule has 0 saturated carbocycles. The van der Waals surface area contributed by atoms with Gasteiger partial charge in [-0.3, -0.25) is 4.79 Å². The van der Waals surface area contributed by atoms with E-state index in [0.29, 0.717) is 23.4 Å². The number of fused-ring (bicyclic) bond motifs is 2. The molecule has 2 aromatic rings. The molecule has 136 valence electrons. The zero-order valence-electron chi connectivity index (χ0n) is 15.4. The van der Waals surface area contributed by atoms with E-state index in [1.165, 1.54) is 0 Å². The monoisotopic (exact) mass is 352 g/mol. The Morgan fingerprint density at radius 3 is 2.73 bits per heavy atom. The van der Waals surface area contributed by atoms with Crippen molar-refractivity contribution in [1.29, 1.82) is 0 Å². The third-order valence-corrected chi connectivity index (χ3v) is 5.25. The number of carbonyl (C=O) groups is 1. The van der Waals surface area contributed by atoms with Crippen molar-refractivity contribution in [2.75, 3.05) is 42.7 Å². The predicted octanol–water partition coefficient (Wildman–Crippen LogP) is 2.62. The Morgan fingerprint density at radius 1 is 1.19 bits per heavy atom. The maximum atomic E-state index is 12.5. The van der Waals surface area contributed by atoms with Gasteiger partial charge in [-0.15, -0.1) is 0 Å². The smallest absolute Gasteiger partial charge is 0.261 e. The molecule has 26 heavy (non-hydrogen) atoms. The highest BCUT2D eigenvalue weighted by atomic mass is 16.1. The first-order valence-electron chi connectivity index (χ1n) is 8.99. The number of anilines is 4. The quantitative estimate of drug-likeness (QED) is 0.866. The van der Waals surface area contributed by atoms with Crippen molar-refractivity contribution in [3.8, 4) is 0 Å². The van der Waals surface area contributed by atoms with Gasteiger partial charge in [-0.05, 0) is 57.6 Å². The molecule has 0 atom stereocenters. The SMILES string of the molecule is Cc1ccc2c(c1)NC(=O)c1cnc(N(C)C3CCN(C)CC3)nc1N2. The number of aromatic nitrogens is 2. The molecule has 7 heteroatoms. The van der Waals surface area contributed by atoms with Gasteiger partial charge < -0.3 is 20.4 Å². The average molecular weight is 352 g/mol. The molecule has 1 aromatic heterocycles. The van der Waals surface area contributed by atoms with E-state index in [1.54, 1.807) is 6.20 Å². The number of amides is 1. The molecule has 7 nitrogen and oxygen atoms in total. The van der Waals surface area contributed by atoms with Crippen LogP contribution in [0.25, 0.3) is 0 Å². The van der Waals surface area contributed by atoms with E-state index in [1.807, 2.05) is 32.2 Å². The molecule has 2 aliphatic heterocycles. The van der Waals surface area contributed by atoms with Crippen molar-refractivity contribution < 1.29 is 4.79 Å². The molecule has 0 bridgehead atoms. The van der Waals surface area contributed by atoms with Crippen LogP contribution in [0.2, 0.25) is 0 Å². The highest BCUT2D eigenvalue weighted by Gasteiger charge is 2.25. The number of hydrogen-bond acceptors (Lipinski definition) is 6. The minimum Gasteiger partial charge on any atom is -0.341 e. The van der Waals surface area contributed by atoms with Crippen LogP contribution in [0.4, 0.5) is 23.1 Å². The van der Waals surface area contributed by atoms with Crippen molar-refractivity contribution in [2.24, 2.45) is 0 Å². The molecule has 2 N–H and O–H groups in total. The summed E-state index contributed by atoms with van der Waals surface area (Å²) in [7, 11) is 4.18. The van der Waals surface area contributed by atoms with Crippen LogP contribution in [0.15, 0.2) is 24.4 Å². The molecule has 3 heterocycles. The van der Waals surface area contributed by atoms with E-state index in [2.05, 4.69) is 37.4 Å². The normalized spacial score (nSPS) is 17.6. The summed E-state index contributed by atoms with van der Waals surface area (Å²) >= 11 is 0. The second-order valence-electron chi connectivity index (χ2n) is 7.21. The molecule has 0 unspecified atom stereocenters. The predicted molar refractivity (Wildman–Crippen MR) is 103 cm³/mol. The molecular weight excluding hydrogens is 328 g/mol. The highest BCUT2D eigenvalue weighted by molar-refractivity contribution is 6.11. The van der Waals surface area contributed by atoms with Crippen LogP contribution in [0.1, 0.15) is 28.8 Å². The Balaban J connectivity index is 1.64. The number of likely N-dealkylation sites (tertiary alicyclic amines) is 1. The lowest BCUT2D eigenvalue weighted by Gasteiger charge is -2.35. The number of nitrogens with zero attached hydrogens (tertiary/aromatic N) is 4. The summed E-state index contributed by atoms with van der Waals surface area (Å²) in [6.07, 6.45) is 3.79. The fourth-order valence-electron chi connectivity index (χ4n) is 3.54. The number of carbonyl (C=O) groups excluding carboxylic acids is 1. The van der Waals surface area contributed by atoms with Gasteiger partial charge >= 0.3 is 0 Å². The molecule has 2 aliphatic rings. The van der Waals surface area contributed by atoms with Crippen molar-refractivity contribution in [3.63, 3.8) is 0 Å². The zero-order valence-corrected chi connectivity index (χ0v) is 15.4. The summed E-state index contributed by atoms with van der Waals surface area (Å²) in [4.78, 5) is 26.1. The number of piperidine rings is 1. The first kappa shape index (κ1) is 16.8. The fraction of sp³-hybridized carbons (Fsp3) is 0.421. The van der Waals surface area contributed by atoms with Crippen molar-refractivity contribution >= 4 is 29.0 Å². The maximum Gasteiger partial charge on any atom is 0.261 e. The second kappa shape index (κ2) is 6.57. The van der Waals surface area contributed by atoms with Gasteiger partial charge in [0.05, 0.1) is 11.4 Å². The van der Waals surface area contributed by atoms with Crippen LogP contribution in [0.5, 0.6) is 0 Å². The topological polar surface area (TPSA) is 73.4 Å². The largest absolute Gasteiger partial charge is 0.341 e. The van der Waals surface area contributed by atoms with Crippen LogP contribution >= 0.6 is 0 Å². The zero-order chi connectivity index (χ0) is 18.3. The maximum absolute atomic E-state index is 12.5. The average Bonchev–Trinajstić information content (AvgIpc) is 2.77. The summed E-state index contributed by atoms with van der Waals surface area (Å²) in [6.45, 7) is 4.15. The Labute approximate surface area is 153 Å². The lowest BCUT2D eigenvalue weighted by molar-refractivity contribution is 0.102. The number of rotatable bonds is 2. The molecule has 0 spiro atoms. The van der Waals surface area contributed by atoms with E-state index in [9.17, 15) is 4.79 Å². The third-order valence-electron chi connectivity index (χ3n) is 5.25. The van der Waals surface area contributed by atoms with Crippen LogP contribution in [0, 0.1) is 6.92 Å². The van der Waals surface area contributed by atoms with Crippen molar-refractivity contribution in [2.45, 2.75) is 25.8 Å². The highest BCUT2D eigenvalue weighted by Crippen LogP contribution is 2.32. The summed E-state index contributed by atoms with van der Waals surface area (Å²) in [5, 5.41) is 6.23. The second-order valence-corrected chi connectivity index (χ2v) is 7.21. The number of benzene rings is 1. The van der Waals surface area contributed by atoms with Gasteiger partial charge in [-0.1, -0.05) is 6.07 Å². The van der Waals surface area contributed by atoms with Gasteiger partial charge in [0.1, 0.15) is 11.4 Å². The van der Waals surface area contributed by atoms with Crippen LogP contribution in [-0.4, -0.2) is 54.0 Å². The van der Waals surface area contributed by atoms with Crippen molar-refractivity contribution in [1.82, 2.24) is 14.9 Å². The lowest BCUT2D eigenvalue weighted by Crippen LogP contribution is -2.42. The molecule has 1 aromatic carbocycles. The molecule has 0 radical (unpaired) electrons. The van der Waals surface area contributed by atoms with E-state index < -0.39 is 0 Å².